The van der Waals surface area contributed by atoms with Crippen molar-refractivity contribution in [2.45, 2.75) is 24.3 Å². The Balaban J connectivity index is 1.62. The van der Waals surface area contributed by atoms with Crippen LogP contribution in [0, 0.1) is 0 Å². The van der Waals surface area contributed by atoms with Gasteiger partial charge in [0.15, 0.2) is 0 Å². The van der Waals surface area contributed by atoms with Gasteiger partial charge < -0.3 is 0 Å². The number of hydrogen-bond acceptors (Lipinski definition) is 2. The molecule has 1 heterocycles. The third-order valence-corrected chi connectivity index (χ3v) is 4.66. The molecule has 0 bridgehead atoms. The van der Waals surface area contributed by atoms with Crippen LogP contribution in [-0.4, -0.2) is 27.0 Å². The third-order valence-electron chi connectivity index (χ3n) is 2.36. The van der Waals surface area contributed by atoms with E-state index in [9.17, 15) is 4.79 Å². The average Bonchev–Trinajstić information content (AvgIpc) is 2.72. The molecule has 84 valence electrons. The van der Waals surface area contributed by atoms with E-state index < -0.39 is 0 Å². The number of carbonyl (C=O) groups excluding carboxylic acids is 1. The Bertz CT molecular complexity index is 373. The predicted molar refractivity (Wildman–Crippen MR) is 64.9 cm³/mol. The van der Waals surface area contributed by atoms with Gasteiger partial charge in [-0.25, -0.2) is 0 Å². The molecule has 0 aromatic heterocycles. The number of esters is 1. The van der Waals surface area contributed by atoms with Crippen LogP contribution in [0.2, 0.25) is 5.32 Å². The van der Waals surface area contributed by atoms with Gasteiger partial charge in [-0.2, -0.15) is 0 Å². The summed E-state index contributed by atoms with van der Waals surface area (Å²) in [4.78, 5) is 10.8. The monoisotopic (exact) mass is 282 g/mol. The van der Waals surface area contributed by atoms with Gasteiger partial charge in [-0.05, 0) is 0 Å². The van der Waals surface area contributed by atoms with Crippen molar-refractivity contribution in [3.63, 3.8) is 0 Å². The van der Waals surface area contributed by atoms with E-state index in [1.54, 1.807) is 0 Å². The van der Waals surface area contributed by atoms with Gasteiger partial charge >= 0.3 is 102 Å². The summed E-state index contributed by atoms with van der Waals surface area (Å²) < 4.78 is 6.51. The average molecular weight is 281 g/mol. The molecular formula is C13H14O2Se. The number of ether oxygens (including phenoxy) is 1. The van der Waals surface area contributed by atoms with E-state index in [1.807, 2.05) is 12.1 Å². The summed E-state index contributed by atoms with van der Waals surface area (Å²) >= 11 is 0.549. The second-order valence-corrected chi connectivity index (χ2v) is 6.09. The number of cyclic esters (lactones) is 1. The third kappa shape index (κ3) is 3.51. The standard InChI is InChI=1S/C13H14O2Se/c14-13-9-8-11(15-13)5-4-10-16-12-6-2-1-3-7-12/h1-3,6-9,11H,4-5,10H2. The molecule has 3 heteroatoms. The molecule has 1 aromatic carbocycles. The number of benzene rings is 1. The second kappa shape index (κ2) is 5.88. The summed E-state index contributed by atoms with van der Waals surface area (Å²) in [7, 11) is 0. The predicted octanol–water partition coefficient (Wildman–Crippen LogP) is 1.70. The zero-order valence-corrected chi connectivity index (χ0v) is 10.7. The van der Waals surface area contributed by atoms with Crippen LogP contribution in [0.15, 0.2) is 42.5 Å². The van der Waals surface area contributed by atoms with Crippen LogP contribution in [0.1, 0.15) is 12.8 Å². The van der Waals surface area contributed by atoms with Crippen molar-refractivity contribution in [1.29, 1.82) is 0 Å². The summed E-state index contributed by atoms with van der Waals surface area (Å²) in [5, 5.41) is 1.21. The van der Waals surface area contributed by atoms with E-state index in [0.29, 0.717) is 15.0 Å². The van der Waals surface area contributed by atoms with Crippen molar-refractivity contribution >= 4 is 25.4 Å². The molecule has 0 amide bonds. The first-order valence-electron chi connectivity index (χ1n) is 5.41. The Morgan fingerprint density at radius 3 is 2.75 bits per heavy atom. The SMILES string of the molecule is O=C1C=CC(CCC[Se]c2ccccc2)O1. The minimum atomic E-state index is -0.196. The van der Waals surface area contributed by atoms with Crippen molar-refractivity contribution in [1.82, 2.24) is 0 Å². The summed E-state index contributed by atoms with van der Waals surface area (Å²) in [6, 6.07) is 10.6. The fraction of sp³-hybridized carbons (Fsp3) is 0.308. The Morgan fingerprint density at radius 1 is 1.25 bits per heavy atom. The number of carbonyl (C=O) groups is 1. The fourth-order valence-electron chi connectivity index (χ4n) is 1.56. The van der Waals surface area contributed by atoms with E-state index in [0.717, 1.165) is 12.8 Å². The Hall–Kier alpha value is -1.05. The van der Waals surface area contributed by atoms with Gasteiger partial charge in [-0.15, -0.1) is 0 Å². The van der Waals surface area contributed by atoms with Crippen LogP contribution >= 0.6 is 0 Å². The van der Waals surface area contributed by atoms with Crippen LogP contribution < -0.4 is 4.46 Å². The zero-order valence-electron chi connectivity index (χ0n) is 8.96. The summed E-state index contributed by atoms with van der Waals surface area (Å²) in [6.45, 7) is 0. The molecule has 2 rings (SSSR count). The maximum atomic E-state index is 10.8. The minimum absolute atomic E-state index is 0.0269. The molecule has 0 saturated carbocycles. The molecule has 0 N–H and O–H groups in total. The van der Waals surface area contributed by atoms with E-state index in [2.05, 4.69) is 24.3 Å². The van der Waals surface area contributed by atoms with E-state index in [4.69, 9.17) is 4.74 Å². The Kier molecular flexibility index (Phi) is 4.20. The molecule has 0 spiro atoms. The molecule has 1 aliphatic heterocycles. The number of hydrogen-bond donors (Lipinski definition) is 0. The van der Waals surface area contributed by atoms with Crippen LogP contribution in [0.25, 0.3) is 0 Å². The van der Waals surface area contributed by atoms with Gasteiger partial charge in [-0.1, -0.05) is 0 Å². The van der Waals surface area contributed by atoms with Gasteiger partial charge in [-0.3, -0.25) is 0 Å². The molecule has 16 heavy (non-hydrogen) atoms. The first-order valence-corrected chi connectivity index (χ1v) is 7.48. The van der Waals surface area contributed by atoms with Crippen LogP contribution in [0.5, 0.6) is 0 Å². The molecule has 2 nitrogen and oxygen atoms in total. The molecule has 0 radical (unpaired) electrons. The molecule has 0 fully saturated rings. The maximum absolute atomic E-state index is 10.8. The van der Waals surface area contributed by atoms with E-state index >= 15 is 0 Å². The topological polar surface area (TPSA) is 26.3 Å². The van der Waals surface area contributed by atoms with E-state index in [1.165, 1.54) is 15.9 Å². The first kappa shape index (κ1) is 11.4. The van der Waals surface area contributed by atoms with Crippen LogP contribution in [0.4, 0.5) is 0 Å². The molecule has 1 aromatic rings. The second-order valence-electron chi connectivity index (χ2n) is 3.64. The fourth-order valence-corrected chi connectivity index (χ4v) is 3.44. The van der Waals surface area contributed by atoms with Gasteiger partial charge in [0.1, 0.15) is 0 Å². The quantitative estimate of drug-likeness (QED) is 0.466. The summed E-state index contributed by atoms with van der Waals surface area (Å²) in [6.07, 6.45) is 5.48. The summed E-state index contributed by atoms with van der Waals surface area (Å²) in [5.41, 5.74) is 0. The zero-order chi connectivity index (χ0) is 11.2. The van der Waals surface area contributed by atoms with Crippen molar-refractivity contribution in [3.8, 4) is 0 Å². The van der Waals surface area contributed by atoms with Gasteiger partial charge in [0, 0.05) is 0 Å². The van der Waals surface area contributed by atoms with Crippen molar-refractivity contribution < 1.29 is 9.53 Å². The Labute approximate surface area is 102 Å². The van der Waals surface area contributed by atoms with Crippen molar-refractivity contribution in [3.05, 3.63) is 42.5 Å². The molecular weight excluding hydrogens is 267 g/mol. The van der Waals surface area contributed by atoms with Crippen LogP contribution in [0.3, 0.4) is 0 Å². The van der Waals surface area contributed by atoms with Crippen molar-refractivity contribution in [2.24, 2.45) is 0 Å². The van der Waals surface area contributed by atoms with Gasteiger partial charge in [0.05, 0.1) is 0 Å². The molecule has 0 aliphatic carbocycles. The summed E-state index contributed by atoms with van der Waals surface area (Å²) in [5.74, 6) is -0.196. The van der Waals surface area contributed by atoms with E-state index in [-0.39, 0.29) is 12.1 Å². The number of rotatable bonds is 5. The molecule has 1 atom stereocenters. The molecule has 0 saturated heterocycles. The van der Waals surface area contributed by atoms with Crippen LogP contribution in [-0.2, 0) is 9.53 Å². The Morgan fingerprint density at radius 2 is 2.06 bits per heavy atom. The van der Waals surface area contributed by atoms with Gasteiger partial charge in [0.2, 0.25) is 0 Å². The molecule has 1 unspecified atom stereocenters. The molecule has 1 aliphatic rings. The normalized spacial score (nSPS) is 18.8. The van der Waals surface area contributed by atoms with Gasteiger partial charge in [0.25, 0.3) is 0 Å². The van der Waals surface area contributed by atoms with Crippen molar-refractivity contribution in [2.75, 3.05) is 0 Å². The first-order chi connectivity index (χ1) is 7.84.